The van der Waals surface area contributed by atoms with Gasteiger partial charge in [0.05, 0.1) is 5.52 Å². The highest BCUT2D eigenvalue weighted by Crippen LogP contribution is 2.32. The van der Waals surface area contributed by atoms with E-state index in [0.717, 1.165) is 18.4 Å². The maximum absolute atomic E-state index is 11.6. The molecule has 15 heavy (non-hydrogen) atoms. The smallest absolute Gasteiger partial charge is 0.228 e. The van der Waals surface area contributed by atoms with Crippen LogP contribution >= 0.6 is 0 Å². The summed E-state index contributed by atoms with van der Waals surface area (Å²) in [6.07, 6.45) is 3.35. The number of fused-ring (bicyclic) bond motifs is 3. The average molecular weight is 199 g/mol. The first kappa shape index (κ1) is 8.72. The number of rotatable bonds is 0. The third-order valence-electron chi connectivity index (χ3n) is 3.24. The van der Waals surface area contributed by atoms with E-state index in [2.05, 4.69) is 6.07 Å². The summed E-state index contributed by atoms with van der Waals surface area (Å²) in [5.41, 5.74) is 3.71. The zero-order valence-electron chi connectivity index (χ0n) is 8.79. The van der Waals surface area contributed by atoms with E-state index >= 15 is 0 Å². The normalized spacial score (nSPS) is 14.5. The molecule has 0 aliphatic heterocycles. The summed E-state index contributed by atoms with van der Waals surface area (Å²) >= 11 is 0. The fraction of sp³-hybridized carbons (Fsp3) is 0.308. The van der Waals surface area contributed by atoms with Gasteiger partial charge in [-0.3, -0.25) is 9.36 Å². The van der Waals surface area contributed by atoms with E-state index in [0.29, 0.717) is 0 Å². The zero-order valence-corrected chi connectivity index (χ0v) is 8.79. The number of carbonyl (C=O) groups excluding carboxylic acids is 1. The molecule has 0 atom stereocenters. The van der Waals surface area contributed by atoms with Gasteiger partial charge in [-0.05, 0) is 30.9 Å². The molecular weight excluding hydrogens is 186 g/mol. The predicted molar refractivity (Wildman–Crippen MR) is 60.3 cm³/mol. The van der Waals surface area contributed by atoms with Gasteiger partial charge in [-0.25, -0.2) is 0 Å². The molecule has 76 valence electrons. The number of benzene rings is 1. The number of carbonyl (C=O) groups is 1. The highest BCUT2D eigenvalue weighted by Gasteiger charge is 2.22. The molecule has 0 fully saturated rings. The van der Waals surface area contributed by atoms with Gasteiger partial charge in [0.25, 0.3) is 0 Å². The van der Waals surface area contributed by atoms with Crippen molar-refractivity contribution in [3.8, 4) is 0 Å². The van der Waals surface area contributed by atoms with Crippen LogP contribution in [0.1, 0.15) is 29.4 Å². The molecule has 0 bridgehead atoms. The van der Waals surface area contributed by atoms with E-state index in [1.165, 1.54) is 23.1 Å². The topological polar surface area (TPSA) is 22.0 Å². The molecule has 2 nitrogen and oxygen atoms in total. The first-order valence-corrected chi connectivity index (χ1v) is 5.41. The standard InChI is InChI=1S/C13H13NO/c1-9(15)14-12-7-3-2-5-10(12)11-6-4-8-13(11)14/h2-3,5,7H,4,6,8H2,1H3. The van der Waals surface area contributed by atoms with Crippen molar-refractivity contribution in [3.05, 3.63) is 35.5 Å². The second-order valence-corrected chi connectivity index (χ2v) is 4.15. The molecule has 3 rings (SSSR count). The van der Waals surface area contributed by atoms with E-state index < -0.39 is 0 Å². The average Bonchev–Trinajstić information content (AvgIpc) is 2.75. The number of nitrogens with zero attached hydrogens (tertiary/aromatic N) is 1. The van der Waals surface area contributed by atoms with Crippen molar-refractivity contribution in [2.75, 3.05) is 0 Å². The Kier molecular flexibility index (Phi) is 1.72. The summed E-state index contributed by atoms with van der Waals surface area (Å²) < 4.78 is 1.89. The SMILES string of the molecule is CC(=O)n1c2c(c3ccccc31)CCC2. The van der Waals surface area contributed by atoms with E-state index in [4.69, 9.17) is 0 Å². The molecule has 0 saturated heterocycles. The number of aryl methyl sites for hydroxylation is 1. The van der Waals surface area contributed by atoms with Crippen LogP contribution in [-0.4, -0.2) is 10.5 Å². The Morgan fingerprint density at radius 2 is 2.07 bits per heavy atom. The molecule has 1 aliphatic carbocycles. The Morgan fingerprint density at radius 3 is 2.87 bits per heavy atom. The van der Waals surface area contributed by atoms with E-state index in [1.807, 2.05) is 22.8 Å². The fourth-order valence-electron chi connectivity index (χ4n) is 2.69. The molecule has 0 saturated carbocycles. The van der Waals surface area contributed by atoms with Crippen LogP contribution in [0.2, 0.25) is 0 Å². The largest absolute Gasteiger partial charge is 0.284 e. The number of hydrogen-bond acceptors (Lipinski definition) is 1. The molecule has 0 radical (unpaired) electrons. The van der Waals surface area contributed by atoms with Gasteiger partial charge in [-0.15, -0.1) is 0 Å². The van der Waals surface area contributed by atoms with Crippen molar-refractivity contribution >= 4 is 16.8 Å². The fourth-order valence-corrected chi connectivity index (χ4v) is 2.69. The van der Waals surface area contributed by atoms with E-state index in [-0.39, 0.29) is 5.91 Å². The second-order valence-electron chi connectivity index (χ2n) is 4.15. The molecule has 1 aromatic carbocycles. The second kappa shape index (κ2) is 2.96. The molecule has 2 heteroatoms. The zero-order chi connectivity index (χ0) is 10.4. The van der Waals surface area contributed by atoms with Crippen LogP contribution in [0.15, 0.2) is 24.3 Å². The van der Waals surface area contributed by atoms with Crippen LogP contribution in [0.4, 0.5) is 0 Å². The minimum Gasteiger partial charge on any atom is -0.284 e. The quantitative estimate of drug-likeness (QED) is 0.639. The van der Waals surface area contributed by atoms with Crippen LogP contribution in [0.3, 0.4) is 0 Å². The summed E-state index contributed by atoms with van der Waals surface area (Å²) in [7, 11) is 0. The van der Waals surface area contributed by atoms with Crippen molar-refractivity contribution < 1.29 is 4.79 Å². The Bertz CT molecular complexity index is 551. The molecule has 0 amide bonds. The number of para-hydroxylation sites is 1. The minimum atomic E-state index is 0.134. The van der Waals surface area contributed by atoms with Gasteiger partial charge < -0.3 is 0 Å². The van der Waals surface area contributed by atoms with Crippen LogP contribution in [0, 0.1) is 0 Å². The molecule has 0 unspecified atom stereocenters. The lowest BCUT2D eigenvalue weighted by Gasteiger charge is -2.03. The first-order chi connectivity index (χ1) is 7.29. The maximum atomic E-state index is 11.6. The van der Waals surface area contributed by atoms with Crippen LogP contribution in [-0.2, 0) is 12.8 Å². The monoisotopic (exact) mass is 199 g/mol. The summed E-state index contributed by atoms with van der Waals surface area (Å²) in [5, 5.41) is 1.26. The van der Waals surface area contributed by atoms with Gasteiger partial charge in [0.1, 0.15) is 0 Å². The highest BCUT2D eigenvalue weighted by atomic mass is 16.1. The van der Waals surface area contributed by atoms with Gasteiger partial charge in [0.15, 0.2) is 0 Å². The van der Waals surface area contributed by atoms with E-state index in [1.54, 1.807) is 6.92 Å². The Labute approximate surface area is 88.5 Å². The van der Waals surface area contributed by atoms with Gasteiger partial charge in [0.2, 0.25) is 5.91 Å². The molecule has 1 aromatic heterocycles. The molecule has 2 aromatic rings. The summed E-state index contributed by atoms with van der Waals surface area (Å²) in [5.74, 6) is 0.134. The van der Waals surface area contributed by atoms with Crippen molar-refractivity contribution in [1.29, 1.82) is 0 Å². The molecule has 1 heterocycles. The summed E-state index contributed by atoms with van der Waals surface area (Å²) in [6.45, 7) is 1.64. The van der Waals surface area contributed by atoms with E-state index in [9.17, 15) is 4.79 Å². The van der Waals surface area contributed by atoms with Crippen molar-refractivity contribution in [2.45, 2.75) is 26.2 Å². The van der Waals surface area contributed by atoms with Crippen LogP contribution < -0.4 is 0 Å². The Morgan fingerprint density at radius 1 is 1.27 bits per heavy atom. The van der Waals surface area contributed by atoms with Crippen molar-refractivity contribution in [1.82, 2.24) is 4.57 Å². The Balaban J connectivity index is 2.46. The van der Waals surface area contributed by atoms with Gasteiger partial charge in [-0.1, -0.05) is 18.2 Å². The lowest BCUT2D eigenvalue weighted by atomic mass is 10.1. The van der Waals surface area contributed by atoms with Crippen molar-refractivity contribution in [2.24, 2.45) is 0 Å². The van der Waals surface area contributed by atoms with Crippen LogP contribution in [0.5, 0.6) is 0 Å². The van der Waals surface area contributed by atoms with Crippen molar-refractivity contribution in [3.63, 3.8) is 0 Å². The molecule has 1 aliphatic rings. The van der Waals surface area contributed by atoms with Gasteiger partial charge >= 0.3 is 0 Å². The molecule has 0 N–H and O–H groups in total. The molecular formula is C13H13NO. The molecule has 0 spiro atoms. The first-order valence-electron chi connectivity index (χ1n) is 5.41. The minimum absolute atomic E-state index is 0.134. The number of hydrogen-bond donors (Lipinski definition) is 0. The predicted octanol–water partition coefficient (Wildman–Crippen LogP) is 2.79. The van der Waals surface area contributed by atoms with Gasteiger partial charge in [-0.2, -0.15) is 0 Å². The highest BCUT2D eigenvalue weighted by molar-refractivity contribution is 5.95. The number of aromatic nitrogens is 1. The third-order valence-corrected chi connectivity index (χ3v) is 3.24. The summed E-state index contributed by atoms with van der Waals surface area (Å²) in [6, 6.07) is 8.20. The lowest BCUT2D eigenvalue weighted by Crippen LogP contribution is -2.08. The maximum Gasteiger partial charge on any atom is 0.228 e. The lowest BCUT2D eigenvalue weighted by molar-refractivity contribution is 0.0939. The Hall–Kier alpha value is -1.57. The summed E-state index contributed by atoms with van der Waals surface area (Å²) in [4.78, 5) is 11.6. The third kappa shape index (κ3) is 1.08. The van der Waals surface area contributed by atoms with Crippen LogP contribution in [0.25, 0.3) is 10.9 Å². The van der Waals surface area contributed by atoms with Gasteiger partial charge in [0, 0.05) is 18.0 Å².